The fourth-order valence-corrected chi connectivity index (χ4v) is 11.4. The highest BCUT2D eigenvalue weighted by atomic mass is 19.1. The predicted octanol–water partition coefficient (Wildman–Crippen LogP) is 9.29. The number of hydrogen-bond donors (Lipinski definition) is 4. The molecule has 0 fully saturated rings. The molecular formula is C60H62F2N8O7. The number of halogens is 2. The lowest BCUT2D eigenvalue weighted by molar-refractivity contribution is -0.131. The van der Waals surface area contributed by atoms with Gasteiger partial charge in [0.1, 0.15) is 47.3 Å². The molecule has 4 aliphatic rings. The first-order valence-electron chi connectivity index (χ1n) is 26.8. The van der Waals surface area contributed by atoms with Crippen molar-refractivity contribution in [2.75, 3.05) is 57.3 Å². The van der Waals surface area contributed by atoms with Gasteiger partial charge in [0.15, 0.2) is 0 Å². The zero-order chi connectivity index (χ0) is 53.6. The molecule has 10 rings (SSSR count). The Kier molecular flexibility index (Phi) is 16.1. The van der Waals surface area contributed by atoms with Crippen LogP contribution >= 0.6 is 0 Å². The molecule has 0 unspecified atom stereocenters. The Morgan fingerprint density at radius 3 is 2.55 bits per heavy atom. The SMILES string of the molecule is CCCCc1cc2c(c3c1=NCCC3)Oc1c(cc3c4c1CCCN4CCCC3)C=2c1cc(C(=O)NCCN(Cc2cc(F)c(N=[N+]=[N-])c(F)c2)C(=O)CCNC[C@H](O)COc2cccc3ccccc23)ccc1C(=O)O. The molecular weight excluding hydrogens is 983 g/mol. The van der Waals surface area contributed by atoms with Gasteiger partial charge in [0.05, 0.1) is 10.9 Å². The van der Waals surface area contributed by atoms with Crippen LogP contribution in [0.25, 0.3) is 26.8 Å². The van der Waals surface area contributed by atoms with E-state index in [1.54, 1.807) is 6.07 Å². The number of carboxylic acids is 1. The summed E-state index contributed by atoms with van der Waals surface area (Å²) in [6.07, 6.45) is 8.08. The van der Waals surface area contributed by atoms with Crippen molar-refractivity contribution in [1.82, 2.24) is 15.5 Å². The molecule has 17 heteroatoms. The van der Waals surface area contributed by atoms with Gasteiger partial charge in [0, 0.05) is 108 Å². The molecule has 0 aromatic heterocycles. The van der Waals surface area contributed by atoms with Crippen LogP contribution in [0.1, 0.15) is 112 Å². The van der Waals surface area contributed by atoms with Crippen molar-refractivity contribution in [3.05, 3.63) is 168 Å². The zero-order valence-corrected chi connectivity index (χ0v) is 43.2. The highest BCUT2D eigenvalue weighted by Gasteiger charge is 2.35. The van der Waals surface area contributed by atoms with E-state index in [2.05, 4.69) is 44.6 Å². The lowest BCUT2D eigenvalue weighted by atomic mass is 9.82. The highest BCUT2D eigenvalue weighted by molar-refractivity contribution is 6.03. The van der Waals surface area contributed by atoms with Crippen molar-refractivity contribution in [1.29, 1.82) is 0 Å². The summed E-state index contributed by atoms with van der Waals surface area (Å²) in [6.45, 7) is 4.62. The average Bonchev–Trinajstić information content (AvgIpc) is 3.77. The van der Waals surface area contributed by atoms with Gasteiger partial charge in [-0.1, -0.05) is 54.9 Å². The normalized spacial score (nSPS) is 14.6. The van der Waals surface area contributed by atoms with Gasteiger partial charge in [0.25, 0.3) is 5.91 Å². The van der Waals surface area contributed by atoms with Gasteiger partial charge in [-0.3, -0.25) is 14.6 Å². The number of carbonyl (C=O) groups is 3. The van der Waals surface area contributed by atoms with Crippen molar-refractivity contribution in [2.45, 2.75) is 90.2 Å². The molecule has 398 valence electrons. The molecule has 0 aliphatic carbocycles. The summed E-state index contributed by atoms with van der Waals surface area (Å²) in [6, 6.07) is 24.3. The summed E-state index contributed by atoms with van der Waals surface area (Å²) in [4.78, 5) is 53.1. The molecule has 0 saturated carbocycles. The average molecular weight is 1050 g/mol. The van der Waals surface area contributed by atoms with E-state index in [9.17, 15) is 24.6 Å². The molecule has 4 N–H and O–H groups in total. The molecule has 4 aliphatic heterocycles. The molecule has 0 bridgehead atoms. The molecule has 77 heavy (non-hydrogen) atoms. The van der Waals surface area contributed by atoms with Crippen LogP contribution in [0.15, 0.2) is 95.0 Å². The number of nitrogens with one attached hydrogen (secondary N) is 2. The molecule has 6 aromatic carbocycles. The van der Waals surface area contributed by atoms with Crippen molar-refractivity contribution in [3.8, 4) is 17.2 Å². The molecule has 6 aromatic rings. The minimum absolute atomic E-state index is 0.00149. The number of carbonyl (C=O) groups excluding carboxylic acids is 2. The van der Waals surface area contributed by atoms with E-state index in [0.717, 1.165) is 139 Å². The van der Waals surface area contributed by atoms with Crippen molar-refractivity contribution >= 4 is 45.5 Å². The van der Waals surface area contributed by atoms with Crippen molar-refractivity contribution in [3.63, 3.8) is 0 Å². The van der Waals surface area contributed by atoms with E-state index in [1.165, 1.54) is 28.3 Å². The molecule has 0 radical (unpaired) electrons. The third-order valence-electron chi connectivity index (χ3n) is 15.0. The Morgan fingerprint density at radius 2 is 1.73 bits per heavy atom. The second kappa shape index (κ2) is 23.6. The third-order valence-corrected chi connectivity index (χ3v) is 15.0. The van der Waals surface area contributed by atoms with Crippen LogP contribution in [-0.4, -0.2) is 91.4 Å². The number of nitrogens with zero attached hydrogens (tertiary/aromatic N) is 6. The Morgan fingerprint density at radius 1 is 0.922 bits per heavy atom. The van der Waals surface area contributed by atoms with Gasteiger partial charge < -0.3 is 40.1 Å². The van der Waals surface area contributed by atoms with E-state index in [0.29, 0.717) is 29.2 Å². The van der Waals surface area contributed by atoms with E-state index in [-0.39, 0.29) is 62.4 Å². The number of aromatic carboxylic acids is 1. The van der Waals surface area contributed by atoms with Crippen LogP contribution in [0.3, 0.4) is 0 Å². The number of rotatable bonds is 20. The maximum atomic E-state index is 15.0. The topological polar surface area (TPSA) is 202 Å². The fraction of sp³-hybridized carbons (Fsp3) is 0.367. The Labute approximate surface area is 444 Å². The first kappa shape index (κ1) is 52.6. The first-order valence-corrected chi connectivity index (χ1v) is 26.8. The number of carboxylic acid groups (broad SMARTS) is 1. The van der Waals surface area contributed by atoms with Crippen LogP contribution in [0, 0.1) is 11.6 Å². The number of aliphatic hydroxyl groups is 1. The molecule has 15 nitrogen and oxygen atoms in total. The quantitative estimate of drug-likeness (QED) is 0.0248. The van der Waals surface area contributed by atoms with Gasteiger partial charge in [-0.2, -0.15) is 0 Å². The van der Waals surface area contributed by atoms with Gasteiger partial charge in [-0.15, -0.1) is 0 Å². The molecule has 1 atom stereocenters. The number of ether oxygens (including phenoxy) is 2. The number of fused-ring (bicyclic) bond motifs is 6. The third kappa shape index (κ3) is 11.2. The van der Waals surface area contributed by atoms with E-state index >= 15 is 8.78 Å². The van der Waals surface area contributed by atoms with Crippen molar-refractivity contribution < 1.29 is 42.9 Å². The molecule has 2 amide bonds. The van der Waals surface area contributed by atoms with Gasteiger partial charge in [-0.05, 0) is 139 Å². The second-order valence-electron chi connectivity index (χ2n) is 20.2. The summed E-state index contributed by atoms with van der Waals surface area (Å²) in [5.74, 6) is -2.24. The van der Waals surface area contributed by atoms with E-state index in [1.807, 2.05) is 42.5 Å². The van der Waals surface area contributed by atoms with E-state index in [4.69, 9.17) is 20.0 Å². The maximum Gasteiger partial charge on any atom is 0.336 e. The van der Waals surface area contributed by atoms with Crippen LogP contribution in [0.5, 0.6) is 17.2 Å². The minimum atomic E-state index is -1.15. The Balaban J connectivity index is 0.925. The van der Waals surface area contributed by atoms with Crippen LogP contribution in [0.4, 0.5) is 20.2 Å². The summed E-state index contributed by atoms with van der Waals surface area (Å²) in [5, 5.41) is 34.4. The number of azide groups is 1. The Hall–Kier alpha value is -7.85. The smallest absolute Gasteiger partial charge is 0.336 e. The van der Waals surface area contributed by atoms with Gasteiger partial charge in [0.2, 0.25) is 5.91 Å². The number of aryl methyl sites for hydroxylation is 2. The largest absolute Gasteiger partial charge is 0.490 e. The molecule has 0 spiro atoms. The molecule has 4 heterocycles. The number of aliphatic hydroxyl groups excluding tert-OH is 1. The Bertz CT molecular complexity index is 3440. The number of amides is 2. The minimum Gasteiger partial charge on any atom is -0.490 e. The summed E-state index contributed by atoms with van der Waals surface area (Å²) in [7, 11) is 0. The number of hydrogen-bond acceptors (Lipinski definition) is 10. The highest BCUT2D eigenvalue weighted by Crippen LogP contribution is 2.48. The fourth-order valence-electron chi connectivity index (χ4n) is 11.4. The second-order valence-corrected chi connectivity index (χ2v) is 20.2. The monoisotopic (exact) mass is 1040 g/mol. The van der Waals surface area contributed by atoms with Crippen LogP contribution in [0.2, 0.25) is 0 Å². The number of anilines is 1. The summed E-state index contributed by atoms with van der Waals surface area (Å²) in [5.41, 5.74) is 15.9. The molecule has 0 saturated heterocycles. The number of benzene rings is 6. The zero-order valence-electron chi connectivity index (χ0n) is 43.2. The van der Waals surface area contributed by atoms with Crippen LogP contribution < -0.4 is 35.6 Å². The van der Waals surface area contributed by atoms with Crippen LogP contribution in [-0.2, 0) is 37.0 Å². The lowest BCUT2D eigenvalue weighted by Crippen LogP contribution is -2.40. The van der Waals surface area contributed by atoms with Gasteiger partial charge >= 0.3 is 5.97 Å². The number of unbranched alkanes of at least 4 members (excludes halogenated alkanes) is 1. The first-order chi connectivity index (χ1) is 37.5. The summed E-state index contributed by atoms with van der Waals surface area (Å²) >= 11 is 0. The lowest BCUT2D eigenvalue weighted by Gasteiger charge is -2.36. The van der Waals surface area contributed by atoms with E-state index < -0.39 is 41.2 Å². The standard InChI is InChI=1S/C60H62F2N8O7/c1-2-3-11-38-30-47-53(48-31-39-13-6-7-25-69-26-10-17-45(56(39)69)58(48)77-57(47)44-16-9-22-65-54(38)44)46-32-40(19-20-43(46)60(74)75)59(73)66-24-27-70(34-36-28-49(61)55(67-68-63)50(62)29-36)52(72)21-23-64-33-41(71)35-76-51-18-8-14-37-12-4-5-15-42(37)51/h4-5,8,12,14-15,18-20,28-32,41,64,71H,2-3,6-7,9-11,13,16-17,21-27,33-35H2,1H3,(H,66,73)(H,74,75)/t41-/m0/s1. The van der Waals surface area contributed by atoms with Gasteiger partial charge in [-0.25, -0.2) is 13.6 Å². The van der Waals surface area contributed by atoms with Crippen molar-refractivity contribution in [2.24, 2.45) is 10.1 Å². The summed E-state index contributed by atoms with van der Waals surface area (Å²) < 4.78 is 43.1. The maximum absolute atomic E-state index is 15.0. The predicted molar refractivity (Wildman–Crippen MR) is 290 cm³/mol.